The summed E-state index contributed by atoms with van der Waals surface area (Å²) in [5, 5.41) is 8.87. The molecule has 0 aliphatic carbocycles. The van der Waals surface area contributed by atoms with Crippen molar-refractivity contribution in [2.75, 3.05) is 19.8 Å². The SMILES string of the molecule is CCCCC/C=C/C/C=C/CCCCCCCC(=O)O[C@H](COC(=O)CCCCCCCCCCCCCCCC)COP(=O)(O)OC[C@H](N)C(=O)O. The molecule has 53 heavy (non-hydrogen) atoms. The van der Waals surface area contributed by atoms with Crippen LogP contribution in [-0.4, -0.2) is 59.9 Å². The van der Waals surface area contributed by atoms with Crippen LogP contribution in [0.5, 0.6) is 0 Å². The fraction of sp³-hybridized carbons (Fsp3) is 0.829. The lowest BCUT2D eigenvalue weighted by molar-refractivity contribution is -0.161. The number of hydrogen-bond acceptors (Lipinski definition) is 9. The minimum atomic E-state index is -4.71. The Morgan fingerprint density at radius 1 is 0.585 bits per heavy atom. The second-order valence-corrected chi connectivity index (χ2v) is 15.6. The van der Waals surface area contributed by atoms with Crippen LogP contribution in [0.2, 0.25) is 0 Å². The van der Waals surface area contributed by atoms with E-state index < -0.39 is 51.1 Å². The van der Waals surface area contributed by atoms with Crippen LogP contribution in [0.25, 0.3) is 0 Å². The summed E-state index contributed by atoms with van der Waals surface area (Å²) in [4.78, 5) is 45.9. The summed E-state index contributed by atoms with van der Waals surface area (Å²) in [7, 11) is -4.71. The van der Waals surface area contributed by atoms with Crippen LogP contribution in [0.1, 0.15) is 187 Å². The van der Waals surface area contributed by atoms with E-state index in [0.29, 0.717) is 12.8 Å². The Morgan fingerprint density at radius 3 is 1.51 bits per heavy atom. The quantitative estimate of drug-likeness (QED) is 0.0235. The van der Waals surface area contributed by atoms with Gasteiger partial charge < -0.3 is 25.2 Å². The molecular weight excluding hydrogens is 697 g/mol. The van der Waals surface area contributed by atoms with Gasteiger partial charge in [-0.05, 0) is 44.9 Å². The van der Waals surface area contributed by atoms with Crippen molar-refractivity contribution >= 4 is 25.7 Å². The third-order valence-corrected chi connectivity index (χ3v) is 9.90. The number of ether oxygens (including phenoxy) is 2. The number of nitrogens with two attached hydrogens (primary N) is 1. The Bertz CT molecular complexity index is 1010. The van der Waals surface area contributed by atoms with Gasteiger partial charge >= 0.3 is 25.7 Å². The van der Waals surface area contributed by atoms with E-state index in [1.807, 2.05) is 0 Å². The average Bonchev–Trinajstić information content (AvgIpc) is 3.13. The maximum absolute atomic E-state index is 12.6. The first-order valence-electron chi connectivity index (χ1n) is 20.9. The van der Waals surface area contributed by atoms with Crippen LogP contribution in [0, 0.1) is 0 Å². The molecule has 12 heteroatoms. The van der Waals surface area contributed by atoms with Gasteiger partial charge in [-0.15, -0.1) is 0 Å². The zero-order valence-electron chi connectivity index (χ0n) is 33.4. The predicted molar refractivity (Wildman–Crippen MR) is 212 cm³/mol. The fourth-order valence-corrected chi connectivity index (χ4v) is 6.40. The molecule has 0 aromatic carbocycles. The van der Waals surface area contributed by atoms with Crippen molar-refractivity contribution in [1.82, 2.24) is 0 Å². The van der Waals surface area contributed by atoms with Gasteiger partial charge in [-0.25, -0.2) is 4.57 Å². The molecule has 310 valence electrons. The van der Waals surface area contributed by atoms with E-state index >= 15 is 0 Å². The maximum Gasteiger partial charge on any atom is 0.472 e. The van der Waals surface area contributed by atoms with E-state index in [0.717, 1.165) is 64.2 Å². The first-order valence-corrected chi connectivity index (χ1v) is 22.4. The smallest absolute Gasteiger partial charge is 0.472 e. The van der Waals surface area contributed by atoms with E-state index in [4.69, 9.17) is 24.8 Å². The molecule has 0 heterocycles. The summed E-state index contributed by atoms with van der Waals surface area (Å²) in [6.07, 6.45) is 36.7. The summed E-state index contributed by atoms with van der Waals surface area (Å²) in [5.74, 6) is -2.39. The highest BCUT2D eigenvalue weighted by Crippen LogP contribution is 2.43. The van der Waals surface area contributed by atoms with Crippen LogP contribution in [0.15, 0.2) is 24.3 Å². The maximum atomic E-state index is 12.6. The third-order valence-electron chi connectivity index (χ3n) is 8.95. The number of rotatable bonds is 39. The monoisotopic (exact) mass is 774 g/mol. The zero-order chi connectivity index (χ0) is 39.3. The first-order chi connectivity index (χ1) is 25.6. The van der Waals surface area contributed by atoms with Gasteiger partial charge in [0.1, 0.15) is 12.6 Å². The Balaban J connectivity index is 4.40. The van der Waals surface area contributed by atoms with Gasteiger partial charge in [0.2, 0.25) is 0 Å². The lowest BCUT2D eigenvalue weighted by Crippen LogP contribution is -2.34. The molecular formula is C41H76NO10P. The number of aliphatic carboxylic acids is 1. The summed E-state index contributed by atoms with van der Waals surface area (Å²) in [5.41, 5.74) is 5.32. The molecule has 4 N–H and O–H groups in total. The normalized spacial score (nSPS) is 14.0. The number of unbranched alkanes of at least 4 members (excludes halogenated alkanes) is 21. The van der Waals surface area contributed by atoms with Crippen molar-refractivity contribution < 1.29 is 47.5 Å². The summed E-state index contributed by atoms with van der Waals surface area (Å²) < 4.78 is 32.6. The van der Waals surface area contributed by atoms with Crippen molar-refractivity contribution in [3.63, 3.8) is 0 Å². The van der Waals surface area contributed by atoms with Crippen LogP contribution >= 0.6 is 7.82 Å². The lowest BCUT2D eigenvalue weighted by atomic mass is 10.0. The van der Waals surface area contributed by atoms with Gasteiger partial charge in [-0.1, -0.05) is 154 Å². The molecule has 0 radical (unpaired) electrons. The van der Waals surface area contributed by atoms with Gasteiger partial charge in [0, 0.05) is 12.8 Å². The van der Waals surface area contributed by atoms with Gasteiger partial charge in [-0.3, -0.25) is 23.4 Å². The highest BCUT2D eigenvalue weighted by atomic mass is 31.2. The molecule has 0 saturated carbocycles. The standard InChI is InChI=1S/C41H76NO10P/c1-3-5-7-9-11-13-15-17-19-21-23-25-27-29-31-33-40(44)52-37(35-50-53(47,48)51-36-38(42)41(45)46)34-49-39(43)32-30-28-26-24-22-20-18-16-14-12-10-8-6-4-2/h11,13,17,19,37-38H,3-10,12,14-16,18,20-36,42H2,1-2H3,(H,45,46)(H,47,48)/b13-11+,19-17+/t37-,38+/m1/s1. The minimum absolute atomic E-state index is 0.148. The molecule has 0 aliphatic heterocycles. The van der Waals surface area contributed by atoms with Crippen molar-refractivity contribution in [2.24, 2.45) is 5.73 Å². The number of allylic oxidation sites excluding steroid dienone is 4. The molecule has 1 unspecified atom stereocenters. The number of esters is 2. The number of carboxylic acids is 1. The van der Waals surface area contributed by atoms with Gasteiger partial charge in [-0.2, -0.15) is 0 Å². The van der Waals surface area contributed by atoms with E-state index in [9.17, 15) is 23.8 Å². The molecule has 3 atom stereocenters. The fourth-order valence-electron chi connectivity index (χ4n) is 5.62. The second-order valence-electron chi connectivity index (χ2n) is 14.1. The average molecular weight is 774 g/mol. The number of hydrogen-bond donors (Lipinski definition) is 3. The molecule has 0 amide bonds. The second kappa shape index (κ2) is 36.9. The molecule has 0 aromatic heterocycles. The number of carboxylic acid groups (broad SMARTS) is 1. The molecule has 0 aromatic rings. The van der Waals surface area contributed by atoms with E-state index in [1.54, 1.807) is 0 Å². The topological polar surface area (TPSA) is 172 Å². The van der Waals surface area contributed by atoms with E-state index in [1.165, 1.54) is 83.5 Å². The zero-order valence-corrected chi connectivity index (χ0v) is 34.3. The van der Waals surface area contributed by atoms with Crippen LogP contribution in [-0.2, 0) is 37.5 Å². The highest BCUT2D eigenvalue weighted by Gasteiger charge is 2.28. The molecule has 0 rings (SSSR count). The largest absolute Gasteiger partial charge is 0.480 e. The van der Waals surface area contributed by atoms with Crippen molar-refractivity contribution in [3.05, 3.63) is 24.3 Å². The molecule has 0 bridgehead atoms. The Labute approximate surface area is 321 Å². The Morgan fingerprint density at radius 2 is 1.00 bits per heavy atom. The third kappa shape index (κ3) is 36.7. The number of phosphoric acid groups is 1. The van der Waals surface area contributed by atoms with Crippen LogP contribution < -0.4 is 5.73 Å². The summed E-state index contributed by atoms with van der Waals surface area (Å²) >= 11 is 0. The van der Waals surface area contributed by atoms with Crippen molar-refractivity contribution in [2.45, 2.75) is 199 Å². The minimum Gasteiger partial charge on any atom is -0.480 e. The molecule has 0 fully saturated rings. The van der Waals surface area contributed by atoms with Gasteiger partial charge in [0.15, 0.2) is 6.10 Å². The molecule has 0 saturated heterocycles. The van der Waals surface area contributed by atoms with Crippen LogP contribution in [0.3, 0.4) is 0 Å². The molecule has 0 aliphatic rings. The van der Waals surface area contributed by atoms with Gasteiger partial charge in [0.05, 0.1) is 13.2 Å². The van der Waals surface area contributed by atoms with E-state index in [-0.39, 0.29) is 19.4 Å². The Kier molecular flexibility index (Phi) is 35.5. The predicted octanol–water partition coefficient (Wildman–Crippen LogP) is 10.7. The molecule has 11 nitrogen and oxygen atoms in total. The molecule has 0 spiro atoms. The van der Waals surface area contributed by atoms with Gasteiger partial charge in [0.25, 0.3) is 0 Å². The Hall–Kier alpha value is -2.04. The van der Waals surface area contributed by atoms with Crippen molar-refractivity contribution in [1.29, 1.82) is 0 Å². The van der Waals surface area contributed by atoms with Crippen molar-refractivity contribution in [3.8, 4) is 0 Å². The van der Waals surface area contributed by atoms with Crippen LogP contribution in [0.4, 0.5) is 0 Å². The summed E-state index contributed by atoms with van der Waals surface area (Å²) in [6, 6.07) is -1.52. The first kappa shape index (κ1) is 51.0. The number of carbonyl (C=O) groups excluding carboxylic acids is 2. The highest BCUT2D eigenvalue weighted by molar-refractivity contribution is 7.47. The van der Waals surface area contributed by atoms with E-state index in [2.05, 4.69) is 42.7 Å². The lowest BCUT2D eigenvalue weighted by Gasteiger charge is -2.20. The number of phosphoric ester groups is 1. The number of carbonyl (C=O) groups is 3. The summed E-state index contributed by atoms with van der Waals surface area (Å²) in [6.45, 7) is 2.76.